The average Bonchev–Trinajstić information content (AvgIpc) is 2.71. The molecular formula is C13H17BrFNO. The summed E-state index contributed by atoms with van der Waals surface area (Å²) >= 11 is 3.34. The van der Waals surface area contributed by atoms with Gasteiger partial charge in [-0.05, 0) is 47.3 Å². The van der Waals surface area contributed by atoms with Gasteiger partial charge < -0.3 is 10.5 Å². The summed E-state index contributed by atoms with van der Waals surface area (Å²) < 4.78 is 19.9. The Hall–Kier alpha value is -0.610. The highest BCUT2D eigenvalue weighted by Gasteiger charge is 2.36. The summed E-state index contributed by atoms with van der Waals surface area (Å²) in [6.07, 6.45) is 3.96. The number of benzene rings is 1. The van der Waals surface area contributed by atoms with Gasteiger partial charge in [0.2, 0.25) is 0 Å². The molecule has 17 heavy (non-hydrogen) atoms. The molecule has 0 saturated heterocycles. The zero-order valence-electron chi connectivity index (χ0n) is 10.1. The number of ether oxygens (including phenoxy) is 1. The van der Waals surface area contributed by atoms with Crippen LogP contribution in [0.5, 0.6) is 5.75 Å². The zero-order valence-corrected chi connectivity index (χ0v) is 11.7. The highest BCUT2D eigenvalue weighted by molar-refractivity contribution is 9.10. The van der Waals surface area contributed by atoms with Crippen LogP contribution in [0.1, 0.15) is 36.8 Å². The third kappa shape index (κ3) is 2.08. The summed E-state index contributed by atoms with van der Waals surface area (Å²) in [6, 6.07) is 1.44. The minimum absolute atomic E-state index is 0.232. The van der Waals surface area contributed by atoms with Crippen molar-refractivity contribution in [1.29, 1.82) is 0 Å². The topological polar surface area (TPSA) is 35.2 Å². The lowest BCUT2D eigenvalue weighted by molar-refractivity contribution is 0.372. The lowest BCUT2D eigenvalue weighted by atomic mass is 9.85. The van der Waals surface area contributed by atoms with E-state index in [-0.39, 0.29) is 5.82 Å². The van der Waals surface area contributed by atoms with E-state index < -0.39 is 5.54 Å². The van der Waals surface area contributed by atoms with E-state index in [1.807, 2.05) is 0 Å². The predicted octanol–water partition coefficient (Wildman–Crippen LogP) is 3.63. The first-order chi connectivity index (χ1) is 7.99. The quantitative estimate of drug-likeness (QED) is 0.905. The summed E-state index contributed by atoms with van der Waals surface area (Å²) in [6.45, 7) is 1.77. The highest BCUT2D eigenvalue weighted by Crippen LogP contribution is 2.45. The van der Waals surface area contributed by atoms with Crippen molar-refractivity contribution in [1.82, 2.24) is 0 Å². The van der Waals surface area contributed by atoms with Gasteiger partial charge in [0, 0.05) is 11.1 Å². The predicted molar refractivity (Wildman–Crippen MR) is 69.7 cm³/mol. The maximum Gasteiger partial charge on any atom is 0.138 e. The SMILES string of the molecule is COc1c(Br)cc(F)c(C)c1C1(N)CCCC1. The first-order valence-corrected chi connectivity index (χ1v) is 6.61. The summed E-state index contributed by atoms with van der Waals surface area (Å²) in [5.74, 6) is 0.442. The van der Waals surface area contributed by atoms with Gasteiger partial charge in [0.25, 0.3) is 0 Å². The maximum absolute atomic E-state index is 13.8. The fourth-order valence-corrected chi connectivity index (χ4v) is 3.31. The third-order valence-electron chi connectivity index (χ3n) is 3.63. The summed E-state index contributed by atoms with van der Waals surface area (Å²) in [5.41, 5.74) is 7.41. The van der Waals surface area contributed by atoms with E-state index in [0.29, 0.717) is 15.8 Å². The van der Waals surface area contributed by atoms with E-state index in [1.54, 1.807) is 14.0 Å². The molecule has 2 rings (SSSR count). The first kappa shape index (κ1) is 12.8. The molecule has 4 heteroatoms. The fourth-order valence-electron chi connectivity index (χ4n) is 2.75. The maximum atomic E-state index is 13.8. The molecule has 0 spiro atoms. The normalized spacial score (nSPS) is 18.4. The Labute approximate surface area is 109 Å². The van der Waals surface area contributed by atoms with E-state index in [4.69, 9.17) is 10.5 Å². The molecule has 0 unspecified atom stereocenters. The van der Waals surface area contributed by atoms with Gasteiger partial charge in [-0.3, -0.25) is 0 Å². The van der Waals surface area contributed by atoms with E-state index in [0.717, 1.165) is 31.2 Å². The highest BCUT2D eigenvalue weighted by atomic mass is 79.9. The lowest BCUT2D eigenvalue weighted by Crippen LogP contribution is -2.34. The molecule has 1 saturated carbocycles. The van der Waals surface area contributed by atoms with Gasteiger partial charge in [0.15, 0.2) is 0 Å². The second-order valence-corrected chi connectivity index (χ2v) is 5.59. The fraction of sp³-hybridized carbons (Fsp3) is 0.538. The van der Waals surface area contributed by atoms with Gasteiger partial charge in [-0.2, -0.15) is 0 Å². The second kappa shape index (κ2) is 4.58. The lowest BCUT2D eigenvalue weighted by Gasteiger charge is -2.29. The van der Waals surface area contributed by atoms with Crippen molar-refractivity contribution in [2.24, 2.45) is 5.73 Å². The molecule has 0 aromatic heterocycles. The van der Waals surface area contributed by atoms with Crippen LogP contribution in [0, 0.1) is 12.7 Å². The van der Waals surface area contributed by atoms with Crippen LogP contribution in [0.4, 0.5) is 4.39 Å². The number of nitrogens with two attached hydrogens (primary N) is 1. The van der Waals surface area contributed by atoms with Crippen LogP contribution >= 0.6 is 15.9 Å². The zero-order chi connectivity index (χ0) is 12.6. The smallest absolute Gasteiger partial charge is 0.138 e. The number of halogens is 2. The van der Waals surface area contributed by atoms with Crippen LogP contribution in [0.25, 0.3) is 0 Å². The Balaban J connectivity index is 2.65. The van der Waals surface area contributed by atoms with Crippen molar-refractivity contribution in [3.05, 3.63) is 27.5 Å². The van der Waals surface area contributed by atoms with Crippen LogP contribution in [-0.2, 0) is 5.54 Å². The van der Waals surface area contributed by atoms with Crippen molar-refractivity contribution < 1.29 is 9.13 Å². The average molecular weight is 302 g/mol. The molecule has 2 N–H and O–H groups in total. The monoisotopic (exact) mass is 301 g/mol. The first-order valence-electron chi connectivity index (χ1n) is 5.81. The molecule has 0 heterocycles. The molecule has 0 amide bonds. The Morgan fingerprint density at radius 3 is 2.53 bits per heavy atom. The van der Waals surface area contributed by atoms with Crippen molar-refractivity contribution in [2.45, 2.75) is 38.1 Å². The molecule has 0 atom stereocenters. The number of hydrogen-bond acceptors (Lipinski definition) is 2. The minimum Gasteiger partial charge on any atom is -0.495 e. The van der Waals surface area contributed by atoms with Crippen LogP contribution in [0.2, 0.25) is 0 Å². The number of rotatable bonds is 2. The standard InChI is InChI=1S/C13H17BrFNO/c1-8-10(15)7-9(14)12(17-2)11(8)13(16)5-3-4-6-13/h7H,3-6,16H2,1-2H3. The molecule has 2 nitrogen and oxygen atoms in total. The molecule has 1 fully saturated rings. The van der Waals surface area contributed by atoms with Crippen molar-refractivity contribution in [3.63, 3.8) is 0 Å². The molecule has 1 aliphatic rings. The summed E-state index contributed by atoms with van der Waals surface area (Å²) in [5, 5.41) is 0. The number of hydrogen-bond donors (Lipinski definition) is 1. The Kier molecular flexibility index (Phi) is 3.46. The molecular weight excluding hydrogens is 285 g/mol. The van der Waals surface area contributed by atoms with Crippen molar-refractivity contribution in [2.75, 3.05) is 7.11 Å². The number of methoxy groups -OCH3 is 1. The molecule has 0 bridgehead atoms. The Morgan fingerprint density at radius 1 is 1.41 bits per heavy atom. The second-order valence-electron chi connectivity index (χ2n) is 4.74. The van der Waals surface area contributed by atoms with E-state index in [2.05, 4.69) is 15.9 Å². The van der Waals surface area contributed by atoms with Gasteiger partial charge in [-0.1, -0.05) is 12.8 Å². The van der Waals surface area contributed by atoms with Crippen LogP contribution < -0.4 is 10.5 Å². The van der Waals surface area contributed by atoms with Crippen LogP contribution in [-0.4, -0.2) is 7.11 Å². The van der Waals surface area contributed by atoms with E-state index in [9.17, 15) is 4.39 Å². The van der Waals surface area contributed by atoms with Gasteiger partial charge in [0.05, 0.1) is 11.6 Å². The molecule has 1 aromatic rings. The summed E-state index contributed by atoms with van der Waals surface area (Å²) in [4.78, 5) is 0. The van der Waals surface area contributed by atoms with Crippen molar-refractivity contribution >= 4 is 15.9 Å². The van der Waals surface area contributed by atoms with Gasteiger partial charge >= 0.3 is 0 Å². The van der Waals surface area contributed by atoms with E-state index in [1.165, 1.54) is 6.07 Å². The van der Waals surface area contributed by atoms with Gasteiger partial charge in [-0.15, -0.1) is 0 Å². The Bertz CT molecular complexity index is 442. The Morgan fingerprint density at radius 2 is 2.00 bits per heavy atom. The third-order valence-corrected chi connectivity index (χ3v) is 4.22. The van der Waals surface area contributed by atoms with Crippen molar-refractivity contribution in [3.8, 4) is 5.75 Å². The molecule has 1 aliphatic carbocycles. The molecule has 0 aliphatic heterocycles. The minimum atomic E-state index is -0.444. The largest absolute Gasteiger partial charge is 0.495 e. The van der Waals surface area contributed by atoms with Gasteiger partial charge in [0.1, 0.15) is 11.6 Å². The van der Waals surface area contributed by atoms with E-state index >= 15 is 0 Å². The van der Waals surface area contributed by atoms with Crippen LogP contribution in [0.15, 0.2) is 10.5 Å². The van der Waals surface area contributed by atoms with Crippen LogP contribution in [0.3, 0.4) is 0 Å². The molecule has 1 aromatic carbocycles. The molecule has 0 radical (unpaired) electrons. The molecule has 94 valence electrons. The van der Waals surface area contributed by atoms with Gasteiger partial charge in [-0.25, -0.2) is 4.39 Å². The summed E-state index contributed by atoms with van der Waals surface area (Å²) in [7, 11) is 1.60.